The minimum atomic E-state index is -4.64. The summed E-state index contributed by atoms with van der Waals surface area (Å²) in [4.78, 5) is 34.7. The molecule has 11 heteroatoms. The summed E-state index contributed by atoms with van der Waals surface area (Å²) in [7, 11) is -4.64. The van der Waals surface area contributed by atoms with E-state index >= 15 is 0 Å². The van der Waals surface area contributed by atoms with Crippen LogP contribution in [0, 0.1) is 0 Å². The van der Waals surface area contributed by atoms with Crippen LogP contribution in [0.4, 0.5) is 0 Å². The lowest BCUT2D eigenvalue weighted by molar-refractivity contribution is -0.153. The average molecular weight is 931 g/mol. The van der Waals surface area contributed by atoms with Crippen LogP contribution in [0.1, 0.15) is 277 Å². The Kier molecular flexibility index (Phi) is 48.6. The Morgan fingerprint density at radius 1 is 0.406 bits per heavy atom. The first-order chi connectivity index (χ1) is 31.3. The van der Waals surface area contributed by atoms with Gasteiger partial charge in [0, 0.05) is 12.8 Å². The Hall–Kier alpha value is -1.29. The summed E-state index contributed by atoms with van der Waals surface area (Å²) < 4.78 is 32.8. The number of esters is 2. The number of aliphatic hydroxyl groups is 2. The molecule has 0 rings (SSSR count). The highest BCUT2D eigenvalue weighted by Crippen LogP contribution is 2.43. The maximum Gasteiger partial charge on any atom is 0.472 e. The summed E-state index contributed by atoms with van der Waals surface area (Å²) in [6.45, 7) is 2.28. The summed E-state index contributed by atoms with van der Waals surface area (Å²) in [5.41, 5.74) is 0. The van der Waals surface area contributed by atoms with Gasteiger partial charge in [-0.15, -0.1) is 0 Å². The van der Waals surface area contributed by atoms with E-state index in [1.807, 2.05) is 0 Å². The molecule has 380 valence electrons. The Labute approximate surface area is 394 Å². The van der Waals surface area contributed by atoms with E-state index in [2.05, 4.69) is 26.0 Å². The molecule has 3 N–H and O–H groups in total. The lowest BCUT2D eigenvalue weighted by Crippen LogP contribution is -2.28. The molecule has 64 heavy (non-hydrogen) atoms. The van der Waals surface area contributed by atoms with Crippen molar-refractivity contribution >= 4 is 19.8 Å². The third-order valence-electron chi connectivity index (χ3n) is 12.2. The molecule has 0 saturated heterocycles. The molecule has 0 aromatic rings. The molecule has 0 spiro atoms. The normalized spacial score (nSPS) is 13.6. The van der Waals surface area contributed by atoms with Crippen LogP contribution in [0.3, 0.4) is 0 Å². The van der Waals surface area contributed by atoms with Crippen molar-refractivity contribution in [3.8, 4) is 0 Å². The number of phosphoric acid groups is 1. The number of aliphatic hydroxyl groups excluding tert-OH is 2. The molecule has 0 radical (unpaired) electrons. The standard InChI is InChI=1S/C53H103O10P/c1-3-5-7-9-11-13-15-17-19-21-23-24-25-26-27-29-31-33-35-37-39-41-43-45-53(57)63-51(47-55)49-61-64(58,59)60-48-50(46-54)62-52(56)44-42-40-38-36-34-32-30-28-22-20-18-16-14-12-10-8-6-4-2/h21,23,50-51,54-55H,3-20,22,24-49H2,1-2H3,(H,58,59)/b23-21-. The number of ether oxygens (including phenoxy) is 2. The van der Waals surface area contributed by atoms with E-state index in [9.17, 15) is 29.3 Å². The van der Waals surface area contributed by atoms with Gasteiger partial charge in [0.1, 0.15) is 12.2 Å². The Balaban J connectivity index is 3.77. The van der Waals surface area contributed by atoms with Crippen molar-refractivity contribution in [3.05, 3.63) is 12.2 Å². The quantitative estimate of drug-likeness (QED) is 0.0233. The zero-order valence-corrected chi connectivity index (χ0v) is 42.7. The zero-order chi connectivity index (χ0) is 46.9. The van der Waals surface area contributed by atoms with Crippen LogP contribution >= 0.6 is 7.82 Å². The molecule has 0 bridgehead atoms. The highest BCUT2D eigenvalue weighted by Gasteiger charge is 2.27. The molecule has 0 fully saturated rings. The van der Waals surface area contributed by atoms with Gasteiger partial charge >= 0.3 is 19.8 Å². The minimum absolute atomic E-state index is 0.196. The van der Waals surface area contributed by atoms with E-state index in [1.165, 1.54) is 199 Å². The number of carbonyl (C=O) groups is 2. The number of carbonyl (C=O) groups excluding carboxylic acids is 2. The number of hydrogen-bond donors (Lipinski definition) is 3. The van der Waals surface area contributed by atoms with Crippen LogP contribution in [-0.2, 0) is 32.7 Å². The third-order valence-corrected chi connectivity index (χ3v) is 13.2. The average Bonchev–Trinajstić information content (AvgIpc) is 3.29. The molecule has 0 heterocycles. The van der Waals surface area contributed by atoms with E-state index in [0.717, 1.165) is 38.5 Å². The largest absolute Gasteiger partial charge is 0.472 e. The van der Waals surface area contributed by atoms with Crippen molar-refractivity contribution in [2.45, 2.75) is 289 Å². The van der Waals surface area contributed by atoms with Gasteiger partial charge < -0.3 is 24.6 Å². The molecule has 0 amide bonds. The summed E-state index contributed by atoms with van der Waals surface area (Å²) >= 11 is 0. The monoisotopic (exact) mass is 931 g/mol. The minimum Gasteiger partial charge on any atom is -0.457 e. The van der Waals surface area contributed by atoms with E-state index in [4.69, 9.17) is 18.5 Å². The number of rotatable bonds is 52. The lowest BCUT2D eigenvalue weighted by Gasteiger charge is -2.20. The van der Waals surface area contributed by atoms with Gasteiger partial charge in [0.05, 0.1) is 26.4 Å². The number of phosphoric ester groups is 1. The third kappa shape index (κ3) is 47.2. The SMILES string of the molecule is CCCCCCCCCC/C=C\CCCCCCCCCCCCCC(=O)OC(CO)COP(=O)(O)OCC(CO)OC(=O)CCCCCCCCCCCCCCCCCCCC. The summed E-state index contributed by atoms with van der Waals surface area (Å²) in [5, 5.41) is 19.3. The number of allylic oxidation sites excluding steroid dienone is 2. The fourth-order valence-electron chi connectivity index (χ4n) is 8.05. The first kappa shape index (κ1) is 62.7. The van der Waals surface area contributed by atoms with Crippen molar-refractivity contribution in [2.24, 2.45) is 0 Å². The highest BCUT2D eigenvalue weighted by atomic mass is 31.2. The topological polar surface area (TPSA) is 149 Å². The number of unbranched alkanes of at least 4 members (excludes halogenated alkanes) is 36. The molecule has 3 atom stereocenters. The van der Waals surface area contributed by atoms with E-state index < -0.39 is 58.4 Å². The molecule has 0 aliphatic carbocycles. The zero-order valence-electron chi connectivity index (χ0n) is 41.8. The Morgan fingerprint density at radius 3 is 0.891 bits per heavy atom. The molecular formula is C53H103O10P. The molecule has 0 aliphatic rings. The van der Waals surface area contributed by atoms with E-state index in [0.29, 0.717) is 12.8 Å². The van der Waals surface area contributed by atoms with Gasteiger partial charge in [-0.3, -0.25) is 18.6 Å². The second kappa shape index (κ2) is 49.6. The number of hydrogen-bond acceptors (Lipinski definition) is 9. The van der Waals surface area contributed by atoms with Gasteiger partial charge in [0.15, 0.2) is 0 Å². The molecule has 10 nitrogen and oxygen atoms in total. The van der Waals surface area contributed by atoms with Crippen LogP contribution in [0.15, 0.2) is 12.2 Å². The van der Waals surface area contributed by atoms with Crippen molar-refractivity contribution < 1.29 is 47.8 Å². The fourth-order valence-corrected chi connectivity index (χ4v) is 8.84. The Morgan fingerprint density at radius 2 is 0.641 bits per heavy atom. The smallest absolute Gasteiger partial charge is 0.457 e. The summed E-state index contributed by atoms with van der Waals surface area (Å²) in [5.74, 6) is -1.00. The van der Waals surface area contributed by atoms with E-state index in [-0.39, 0.29) is 12.8 Å². The Bertz CT molecular complexity index is 1070. The second-order valence-corrected chi connectivity index (χ2v) is 20.0. The molecular weight excluding hydrogens is 828 g/mol. The maximum atomic E-state index is 12.4. The molecule has 3 unspecified atom stereocenters. The van der Waals surface area contributed by atoms with Crippen molar-refractivity contribution in [2.75, 3.05) is 26.4 Å². The molecule has 0 aromatic carbocycles. The highest BCUT2D eigenvalue weighted by molar-refractivity contribution is 7.47. The van der Waals surface area contributed by atoms with Crippen LogP contribution in [0.25, 0.3) is 0 Å². The predicted molar refractivity (Wildman–Crippen MR) is 265 cm³/mol. The first-order valence-corrected chi connectivity index (χ1v) is 28.6. The van der Waals surface area contributed by atoms with Crippen molar-refractivity contribution in [1.29, 1.82) is 0 Å². The van der Waals surface area contributed by atoms with Gasteiger partial charge in [-0.05, 0) is 38.5 Å². The molecule has 0 aliphatic heterocycles. The maximum absolute atomic E-state index is 12.4. The molecule has 0 aromatic heterocycles. The van der Waals surface area contributed by atoms with Gasteiger partial charge in [-0.25, -0.2) is 4.57 Å². The van der Waals surface area contributed by atoms with Gasteiger partial charge in [0.2, 0.25) is 0 Å². The molecule has 0 saturated carbocycles. The van der Waals surface area contributed by atoms with Crippen molar-refractivity contribution in [3.63, 3.8) is 0 Å². The van der Waals surface area contributed by atoms with Gasteiger partial charge in [-0.1, -0.05) is 238 Å². The lowest BCUT2D eigenvalue weighted by atomic mass is 10.0. The van der Waals surface area contributed by atoms with Crippen LogP contribution < -0.4 is 0 Å². The second-order valence-electron chi connectivity index (χ2n) is 18.6. The first-order valence-electron chi connectivity index (χ1n) is 27.1. The summed E-state index contributed by atoms with van der Waals surface area (Å²) in [6.07, 6.45) is 51.9. The van der Waals surface area contributed by atoms with Gasteiger partial charge in [0.25, 0.3) is 0 Å². The van der Waals surface area contributed by atoms with Crippen molar-refractivity contribution in [1.82, 2.24) is 0 Å². The summed E-state index contributed by atoms with van der Waals surface area (Å²) in [6, 6.07) is 0. The van der Waals surface area contributed by atoms with Crippen LogP contribution in [-0.4, -0.2) is 65.7 Å². The predicted octanol–water partition coefficient (Wildman–Crippen LogP) is 15.5. The fraction of sp³-hybridized carbons (Fsp3) is 0.925. The van der Waals surface area contributed by atoms with Gasteiger partial charge in [-0.2, -0.15) is 0 Å². The van der Waals surface area contributed by atoms with E-state index in [1.54, 1.807) is 0 Å². The van der Waals surface area contributed by atoms with Crippen LogP contribution in [0.2, 0.25) is 0 Å². The van der Waals surface area contributed by atoms with Crippen LogP contribution in [0.5, 0.6) is 0 Å².